The molecule has 2 spiro atoms. The lowest BCUT2D eigenvalue weighted by molar-refractivity contribution is -0.132. The number of nitrogens with zero attached hydrogens (tertiary/aromatic N) is 6. The molecule has 0 saturated carbocycles. The highest BCUT2D eigenvalue weighted by Gasteiger charge is 2.51. The molecule has 6 heterocycles. The number of likely N-dealkylation sites (tertiary alicyclic amines) is 2. The molecule has 0 aliphatic carbocycles. The second kappa shape index (κ2) is 16.7. The first-order valence-electron chi connectivity index (χ1n) is 18.9. The topological polar surface area (TPSA) is 138 Å². The number of nitrogens with one attached hydrogen (secondary N) is 2. The number of carbonyl (C=O) groups is 2. The van der Waals surface area contributed by atoms with Crippen LogP contribution in [0.4, 0.5) is 0 Å². The van der Waals surface area contributed by atoms with Gasteiger partial charge in [-0.3, -0.25) is 30.2 Å². The number of nitriles is 2. The summed E-state index contributed by atoms with van der Waals surface area (Å²) in [6.07, 6.45) is 5.20. The number of hydrogen-bond acceptors (Lipinski definition) is 8. The van der Waals surface area contributed by atoms with Crippen LogP contribution in [0.1, 0.15) is 95.6 Å². The molecule has 10 nitrogen and oxygen atoms in total. The summed E-state index contributed by atoms with van der Waals surface area (Å²) < 4.78 is 0. The Bertz CT molecular complexity index is 2090. The molecule has 4 aliphatic rings. The third-order valence-corrected chi connectivity index (χ3v) is 11.8. The summed E-state index contributed by atoms with van der Waals surface area (Å²) in [4.78, 5) is 38.3. The molecule has 2 aromatic carbocycles. The summed E-state index contributed by atoms with van der Waals surface area (Å²) in [7, 11) is 3.74. The molecule has 4 aliphatic heterocycles. The summed E-state index contributed by atoms with van der Waals surface area (Å²) in [6, 6.07) is 24.7. The van der Waals surface area contributed by atoms with Crippen molar-refractivity contribution in [1.29, 1.82) is 10.5 Å². The fourth-order valence-electron chi connectivity index (χ4n) is 8.82. The SMILES string of the molecule is Cc1ccc(C#N)c(-c2cc(C)nc([C@@H]3CC[C@]4(CCN(C)C4=O)N3)c2)c1.Cc1ccc(C#N)c(-c2cc(C)nc([C@H]3CC[C@]4(CCN(C)C4=O)N3)c2)c1.Cl.Cl. The molecule has 0 radical (unpaired) electrons. The minimum Gasteiger partial charge on any atom is -0.344 e. The van der Waals surface area contributed by atoms with Crippen LogP contribution >= 0.6 is 24.8 Å². The smallest absolute Gasteiger partial charge is 0.242 e. The molecular weight excluding hydrogens is 743 g/mol. The Morgan fingerprint density at radius 1 is 0.625 bits per heavy atom. The van der Waals surface area contributed by atoms with Crippen molar-refractivity contribution in [3.63, 3.8) is 0 Å². The number of benzene rings is 2. The maximum absolute atomic E-state index is 12.6. The second-order valence-corrected chi connectivity index (χ2v) is 15.8. The third-order valence-electron chi connectivity index (χ3n) is 11.8. The van der Waals surface area contributed by atoms with Crippen molar-refractivity contribution < 1.29 is 9.59 Å². The van der Waals surface area contributed by atoms with Crippen molar-refractivity contribution >= 4 is 36.6 Å². The summed E-state index contributed by atoms with van der Waals surface area (Å²) in [5, 5.41) is 26.2. The molecule has 56 heavy (non-hydrogen) atoms. The van der Waals surface area contributed by atoms with E-state index in [4.69, 9.17) is 9.97 Å². The van der Waals surface area contributed by atoms with E-state index in [0.29, 0.717) is 11.1 Å². The lowest BCUT2D eigenvalue weighted by Gasteiger charge is -2.23. The third kappa shape index (κ3) is 8.03. The van der Waals surface area contributed by atoms with E-state index in [0.717, 1.165) is 108 Å². The predicted octanol–water partition coefficient (Wildman–Crippen LogP) is 7.37. The van der Waals surface area contributed by atoms with E-state index in [9.17, 15) is 20.1 Å². The molecule has 0 unspecified atom stereocenters. The fourth-order valence-corrected chi connectivity index (χ4v) is 8.82. The van der Waals surface area contributed by atoms with Crippen molar-refractivity contribution in [3.05, 3.63) is 106 Å². The lowest BCUT2D eigenvalue weighted by atomic mass is 9.95. The van der Waals surface area contributed by atoms with Gasteiger partial charge in [-0.25, -0.2) is 0 Å². The molecule has 2 N–H and O–H groups in total. The number of rotatable bonds is 4. The molecule has 4 atom stereocenters. The molecule has 2 aromatic heterocycles. The average molecular weight is 794 g/mol. The quantitative estimate of drug-likeness (QED) is 0.219. The normalized spacial score (nSPS) is 23.7. The van der Waals surface area contributed by atoms with Crippen molar-refractivity contribution in [2.75, 3.05) is 27.2 Å². The molecule has 8 rings (SSSR count). The minimum atomic E-state index is -0.424. The van der Waals surface area contributed by atoms with Crippen molar-refractivity contribution in [2.45, 2.75) is 89.4 Å². The zero-order valence-corrected chi connectivity index (χ0v) is 34.5. The highest BCUT2D eigenvalue weighted by atomic mass is 35.5. The number of pyridine rings is 2. The van der Waals surface area contributed by atoms with E-state index < -0.39 is 11.1 Å². The summed E-state index contributed by atoms with van der Waals surface area (Å²) in [5.41, 5.74) is 10.4. The van der Waals surface area contributed by atoms with E-state index in [2.05, 4.69) is 47.0 Å². The van der Waals surface area contributed by atoms with Crippen LogP contribution < -0.4 is 10.6 Å². The summed E-state index contributed by atoms with van der Waals surface area (Å²) in [5.74, 6) is 0.395. The first-order valence-corrected chi connectivity index (χ1v) is 18.9. The number of aromatic nitrogens is 2. The average Bonchev–Trinajstić information content (AvgIpc) is 3.93. The summed E-state index contributed by atoms with van der Waals surface area (Å²) in [6.45, 7) is 9.63. The number of carbonyl (C=O) groups excluding carboxylic acids is 2. The Labute approximate surface area is 342 Å². The van der Waals surface area contributed by atoms with E-state index in [1.165, 1.54) is 0 Å². The highest BCUT2D eigenvalue weighted by Crippen LogP contribution is 2.41. The van der Waals surface area contributed by atoms with E-state index in [1.54, 1.807) is 0 Å². The van der Waals surface area contributed by atoms with Gasteiger partial charge in [0.25, 0.3) is 0 Å². The molecule has 4 saturated heterocycles. The molecule has 292 valence electrons. The fraction of sp³-hybridized carbons (Fsp3) is 0.409. The Morgan fingerprint density at radius 3 is 1.36 bits per heavy atom. The zero-order valence-electron chi connectivity index (χ0n) is 32.9. The van der Waals surface area contributed by atoms with E-state index in [-0.39, 0.29) is 48.7 Å². The zero-order chi connectivity index (χ0) is 38.4. The number of hydrogen-bond donors (Lipinski definition) is 2. The van der Waals surface area contributed by atoms with Gasteiger partial charge in [0.05, 0.1) is 46.7 Å². The maximum Gasteiger partial charge on any atom is 0.242 e. The number of likely N-dealkylation sites (N-methyl/N-ethyl adjacent to an activating group) is 2. The van der Waals surface area contributed by atoms with E-state index >= 15 is 0 Å². The van der Waals surface area contributed by atoms with Gasteiger partial charge in [0.15, 0.2) is 0 Å². The second-order valence-electron chi connectivity index (χ2n) is 15.8. The Morgan fingerprint density at radius 2 is 1.02 bits per heavy atom. The van der Waals surface area contributed by atoms with Crippen molar-refractivity contribution in [3.8, 4) is 34.4 Å². The van der Waals surface area contributed by atoms with Crippen molar-refractivity contribution in [1.82, 2.24) is 30.4 Å². The van der Waals surface area contributed by atoms with Gasteiger partial charge in [-0.1, -0.05) is 35.4 Å². The molecule has 2 amide bonds. The molecule has 12 heteroatoms. The molecule has 4 aromatic rings. The first kappa shape index (κ1) is 42.3. The van der Waals surface area contributed by atoms with Gasteiger partial charge in [-0.2, -0.15) is 10.5 Å². The van der Waals surface area contributed by atoms with Crippen LogP contribution in [0.15, 0.2) is 60.7 Å². The Balaban J connectivity index is 0.000000207. The molecule has 0 bridgehead atoms. The summed E-state index contributed by atoms with van der Waals surface area (Å²) >= 11 is 0. The van der Waals surface area contributed by atoms with Crippen LogP contribution in [-0.4, -0.2) is 69.8 Å². The Kier molecular flexibility index (Phi) is 12.6. The van der Waals surface area contributed by atoms with Gasteiger partial charge >= 0.3 is 0 Å². The maximum atomic E-state index is 12.6. The van der Waals surface area contributed by atoms with Crippen LogP contribution in [0.5, 0.6) is 0 Å². The number of halogens is 2. The lowest BCUT2D eigenvalue weighted by Crippen LogP contribution is -2.47. The number of aryl methyl sites for hydroxylation is 4. The van der Waals surface area contributed by atoms with Gasteiger partial charge in [0.2, 0.25) is 11.8 Å². The standard InChI is InChI=1S/2C22H24N4O.2ClH/c2*1-14-4-5-16(13-23)18(10-14)17-11-15(2)24-20(12-17)19-6-7-22(25-19)8-9-26(3)21(22)27;;/h2*4-5,10-12,19,25H,6-9H2,1-3H3;2*1H/t19-,22+;19-,22-;;/m01../s1. The first-order chi connectivity index (χ1) is 25.8. The van der Waals surface area contributed by atoms with Crippen LogP contribution in [0, 0.1) is 50.4 Å². The van der Waals surface area contributed by atoms with Gasteiger partial charge in [-0.05, 0) is 125 Å². The number of amides is 2. The van der Waals surface area contributed by atoms with Crippen LogP contribution in [0.2, 0.25) is 0 Å². The van der Waals surface area contributed by atoms with Crippen LogP contribution in [0.3, 0.4) is 0 Å². The van der Waals surface area contributed by atoms with Gasteiger partial charge < -0.3 is 9.80 Å². The van der Waals surface area contributed by atoms with Crippen LogP contribution in [-0.2, 0) is 9.59 Å². The van der Waals surface area contributed by atoms with E-state index in [1.807, 2.05) is 88.0 Å². The molecular formula is C44H50Cl2N8O2. The van der Waals surface area contributed by atoms with Gasteiger partial charge in [0.1, 0.15) is 11.1 Å². The van der Waals surface area contributed by atoms with Gasteiger partial charge in [-0.15, -0.1) is 24.8 Å². The predicted molar refractivity (Wildman–Crippen MR) is 222 cm³/mol. The minimum absolute atomic E-state index is 0. The highest BCUT2D eigenvalue weighted by molar-refractivity contribution is 5.89. The van der Waals surface area contributed by atoms with Crippen molar-refractivity contribution in [2.24, 2.45) is 0 Å². The van der Waals surface area contributed by atoms with Crippen LogP contribution in [0.25, 0.3) is 22.3 Å². The monoisotopic (exact) mass is 792 g/mol. The molecule has 4 fully saturated rings. The Hall–Kier alpha value is -4.84. The van der Waals surface area contributed by atoms with Gasteiger partial charge in [0, 0.05) is 38.6 Å². The largest absolute Gasteiger partial charge is 0.344 e.